The third kappa shape index (κ3) is 3.25. The molecule has 3 heteroatoms. The number of ether oxygens (including phenoxy) is 2. The maximum atomic E-state index is 5.76. The lowest BCUT2D eigenvalue weighted by Gasteiger charge is -2.04. The van der Waals surface area contributed by atoms with E-state index in [4.69, 9.17) is 13.9 Å². The van der Waals surface area contributed by atoms with Gasteiger partial charge in [0.1, 0.15) is 5.76 Å². The largest absolute Gasteiger partial charge is 0.461 e. The highest BCUT2D eigenvalue weighted by Gasteiger charge is 2.21. The van der Waals surface area contributed by atoms with Gasteiger partial charge in [-0.05, 0) is 30.5 Å². The first-order chi connectivity index (χ1) is 9.42. The van der Waals surface area contributed by atoms with E-state index in [0.717, 1.165) is 30.8 Å². The van der Waals surface area contributed by atoms with Crippen molar-refractivity contribution in [3.05, 3.63) is 59.5 Å². The summed E-state index contributed by atoms with van der Waals surface area (Å²) < 4.78 is 16.6. The van der Waals surface area contributed by atoms with Crippen LogP contribution in [0.5, 0.6) is 0 Å². The van der Waals surface area contributed by atoms with Crippen LogP contribution in [0.2, 0.25) is 0 Å². The van der Waals surface area contributed by atoms with Crippen molar-refractivity contribution in [2.75, 3.05) is 13.2 Å². The molecule has 0 amide bonds. The number of aryl methyl sites for hydroxylation is 2. The Balaban J connectivity index is 1.50. The second-order valence-corrected chi connectivity index (χ2v) is 4.72. The maximum absolute atomic E-state index is 5.76. The predicted molar refractivity (Wildman–Crippen MR) is 71.8 cm³/mol. The van der Waals surface area contributed by atoms with E-state index in [-0.39, 0.29) is 6.29 Å². The molecule has 1 saturated heterocycles. The number of hydrogen-bond acceptors (Lipinski definition) is 3. The molecular formula is C16H18O3. The van der Waals surface area contributed by atoms with Gasteiger partial charge in [-0.15, -0.1) is 0 Å². The van der Waals surface area contributed by atoms with Crippen LogP contribution in [0.4, 0.5) is 0 Å². The minimum atomic E-state index is -0.303. The van der Waals surface area contributed by atoms with Crippen molar-refractivity contribution in [1.29, 1.82) is 0 Å². The highest BCUT2D eigenvalue weighted by atomic mass is 16.7. The Labute approximate surface area is 113 Å². The molecule has 0 atom stereocenters. The molecule has 0 bridgehead atoms. The lowest BCUT2D eigenvalue weighted by molar-refractivity contribution is -0.0594. The zero-order valence-corrected chi connectivity index (χ0v) is 10.9. The normalized spacial score (nSPS) is 16.0. The number of rotatable bonds is 5. The van der Waals surface area contributed by atoms with Crippen LogP contribution in [0.15, 0.2) is 46.9 Å². The molecule has 0 unspecified atom stereocenters. The van der Waals surface area contributed by atoms with E-state index in [1.54, 1.807) is 0 Å². The molecule has 0 radical (unpaired) electrons. The summed E-state index contributed by atoms with van der Waals surface area (Å²) in [5.41, 5.74) is 1.37. The van der Waals surface area contributed by atoms with E-state index in [2.05, 4.69) is 24.3 Å². The molecule has 1 aromatic carbocycles. The van der Waals surface area contributed by atoms with Gasteiger partial charge >= 0.3 is 0 Å². The van der Waals surface area contributed by atoms with Crippen molar-refractivity contribution >= 4 is 0 Å². The standard InChI is InChI=1S/C16H18O3/c1-2-5-13(6-3-1)7-4-8-14-9-10-15(19-14)16-17-11-12-18-16/h1-3,5-6,9-10,16H,4,7-8,11-12H2. The van der Waals surface area contributed by atoms with Crippen molar-refractivity contribution in [2.45, 2.75) is 25.6 Å². The van der Waals surface area contributed by atoms with Gasteiger partial charge in [0.2, 0.25) is 6.29 Å². The first kappa shape index (κ1) is 12.5. The van der Waals surface area contributed by atoms with Crippen LogP contribution in [-0.2, 0) is 22.3 Å². The highest BCUT2D eigenvalue weighted by molar-refractivity contribution is 5.15. The summed E-state index contributed by atoms with van der Waals surface area (Å²) in [6.45, 7) is 1.30. The van der Waals surface area contributed by atoms with E-state index in [9.17, 15) is 0 Å². The predicted octanol–water partition coefficient (Wildman–Crippen LogP) is 3.50. The molecule has 0 N–H and O–H groups in total. The summed E-state index contributed by atoms with van der Waals surface area (Å²) in [6, 6.07) is 14.5. The van der Waals surface area contributed by atoms with Gasteiger partial charge in [0.25, 0.3) is 0 Å². The number of furan rings is 1. The number of hydrogen-bond donors (Lipinski definition) is 0. The molecule has 2 heterocycles. The van der Waals surface area contributed by atoms with Crippen LogP contribution in [0.1, 0.15) is 29.8 Å². The summed E-state index contributed by atoms with van der Waals surface area (Å²) in [7, 11) is 0. The molecular weight excluding hydrogens is 240 g/mol. The van der Waals surface area contributed by atoms with Crippen molar-refractivity contribution in [3.63, 3.8) is 0 Å². The molecule has 0 saturated carbocycles. The van der Waals surface area contributed by atoms with Gasteiger partial charge < -0.3 is 13.9 Å². The Bertz CT molecular complexity index is 498. The van der Waals surface area contributed by atoms with E-state index in [1.807, 2.05) is 18.2 Å². The molecule has 100 valence electrons. The molecule has 1 aliphatic heterocycles. The zero-order valence-electron chi connectivity index (χ0n) is 10.9. The topological polar surface area (TPSA) is 31.6 Å². The van der Waals surface area contributed by atoms with Gasteiger partial charge in [0, 0.05) is 6.42 Å². The van der Waals surface area contributed by atoms with Crippen LogP contribution >= 0.6 is 0 Å². The molecule has 3 nitrogen and oxygen atoms in total. The summed E-state index contributed by atoms with van der Waals surface area (Å²) in [5, 5.41) is 0. The number of benzene rings is 1. The fourth-order valence-corrected chi connectivity index (χ4v) is 2.29. The maximum Gasteiger partial charge on any atom is 0.217 e. The lowest BCUT2D eigenvalue weighted by Crippen LogP contribution is -1.95. The fourth-order valence-electron chi connectivity index (χ4n) is 2.29. The van der Waals surface area contributed by atoms with Crippen molar-refractivity contribution in [1.82, 2.24) is 0 Å². The van der Waals surface area contributed by atoms with Gasteiger partial charge in [-0.1, -0.05) is 30.3 Å². The Hall–Kier alpha value is -1.58. The van der Waals surface area contributed by atoms with E-state index in [0.29, 0.717) is 13.2 Å². The first-order valence-corrected chi connectivity index (χ1v) is 6.77. The minimum Gasteiger partial charge on any atom is -0.461 e. The highest BCUT2D eigenvalue weighted by Crippen LogP contribution is 2.25. The minimum absolute atomic E-state index is 0.303. The Morgan fingerprint density at radius 2 is 1.68 bits per heavy atom. The van der Waals surface area contributed by atoms with Crippen molar-refractivity contribution in [2.24, 2.45) is 0 Å². The lowest BCUT2D eigenvalue weighted by atomic mass is 10.1. The van der Waals surface area contributed by atoms with Gasteiger partial charge in [-0.2, -0.15) is 0 Å². The van der Waals surface area contributed by atoms with Gasteiger partial charge in [0.15, 0.2) is 5.76 Å². The smallest absolute Gasteiger partial charge is 0.217 e. The molecule has 2 aromatic rings. The molecule has 1 fully saturated rings. The zero-order chi connectivity index (χ0) is 12.9. The summed E-state index contributed by atoms with van der Waals surface area (Å²) in [6.07, 6.45) is 2.81. The molecule has 0 aliphatic carbocycles. The van der Waals surface area contributed by atoms with Crippen LogP contribution in [0, 0.1) is 0 Å². The molecule has 3 rings (SSSR count). The molecule has 1 aliphatic rings. The van der Waals surface area contributed by atoms with E-state index < -0.39 is 0 Å². The second kappa shape index (κ2) is 6.04. The Morgan fingerprint density at radius 3 is 2.47 bits per heavy atom. The monoisotopic (exact) mass is 258 g/mol. The van der Waals surface area contributed by atoms with E-state index in [1.165, 1.54) is 5.56 Å². The third-order valence-corrected chi connectivity index (χ3v) is 3.27. The Morgan fingerprint density at radius 1 is 0.895 bits per heavy atom. The quantitative estimate of drug-likeness (QED) is 0.822. The van der Waals surface area contributed by atoms with Crippen LogP contribution < -0.4 is 0 Å². The van der Waals surface area contributed by atoms with Crippen LogP contribution in [0.3, 0.4) is 0 Å². The van der Waals surface area contributed by atoms with Crippen LogP contribution in [0.25, 0.3) is 0 Å². The average Bonchev–Trinajstić information content (AvgIpc) is 3.10. The third-order valence-electron chi connectivity index (χ3n) is 3.27. The molecule has 19 heavy (non-hydrogen) atoms. The van der Waals surface area contributed by atoms with Crippen LogP contribution in [-0.4, -0.2) is 13.2 Å². The van der Waals surface area contributed by atoms with Gasteiger partial charge in [-0.25, -0.2) is 0 Å². The molecule has 0 spiro atoms. The van der Waals surface area contributed by atoms with E-state index >= 15 is 0 Å². The first-order valence-electron chi connectivity index (χ1n) is 6.77. The van der Waals surface area contributed by atoms with Gasteiger partial charge in [0.05, 0.1) is 13.2 Å². The summed E-state index contributed by atoms with van der Waals surface area (Å²) in [5.74, 6) is 1.79. The SMILES string of the molecule is c1ccc(CCCc2ccc(C3OCCO3)o2)cc1. The second-order valence-electron chi connectivity index (χ2n) is 4.72. The van der Waals surface area contributed by atoms with Crippen molar-refractivity contribution < 1.29 is 13.9 Å². The van der Waals surface area contributed by atoms with Gasteiger partial charge in [-0.3, -0.25) is 0 Å². The van der Waals surface area contributed by atoms with Crippen molar-refractivity contribution in [3.8, 4) is 0 Å². The Kier molecular flexibility index (Phi) is 3.96. The summed E-state index contributed by atoms with van der Waals surface area (Å²) in [4.78, 5) is 0. The molecule has 1 aromatic heterocycles. The fraction of sp³-hybridized carbons (Fsp3) is 0.375. The summed E-state index contributed by atoms with van der Waals surface area (Å²) >= 11 is 0. The average molecular weight is 258 g/mol.